The third-order valence-corrected chi connectivity index (χ3v) is 4.09. The molecular weight excluding hydrogens is 224 g/mol. The van der Waals surface area contributed by atoms with Gasteiger partial charge in [0, 0.05) is 52.4 Å². The van der Waals surface area contributed by atoms with Crippen LogP contribution in [0.4, 0.5) is 0 Å². The fraction of sp³-hybridized carbons (Fsp3) is 1.00. The van der Waals surface area contributed by atoms with Crippen LogP contribution in [0.5, 0.6) is 0 Å². The predicted octanol–water partition coefficient (Wildman–Crippen LogP) is 0.507. The van der Waals surface area contributed by atoms with Gasteiger partial charge in [-0.2, -0.15) is 0 Å². The number of hydrogen-bond donors (Lipinski definition) is 0. The zero-order valence-electron chi connectivity index (χ0n) is 12.9. The van der Waals surface area contributed by atoms with Crippen molar-refractivity contribution in [3.05, 3.63) is 0 Å². The van der Waals surface area contributed by atoms with Crippen LogP contribution in [0, 0.1) is 0 Å². The van der Waals surface area contributed by atoms with Crippen molar-refractivity contribution in [1.82, 2.24) is 19.6 Å². The summed E-state index contributed by atoms with van der Waals surface area (Å²) in [5.74, 6) is 0. The highest BCUT2D eigenvalue weighted by molar-refractivity contribution is 4.67. The van der Waals surface area contributed by atoms with E-state index in [-0.39, 0.29) is 0 Å². The Kier molecular flexibility index (Phi) is 7.82. The molecule has 2 aliphatic heterocycles. The summed E-state index contributed by atoms with van der Waals surface area (Å²) in [6.45, 7) is 16.9. The molecule has 0 aromatic heterocycles. The van der Waals surface area contributed by atoms with Crippen LogP contribution in [0.1, 0.15) is 13.8 Å². The van der Waals surface area contributed by atoms with E-state index in [2.05, 4.69) is 47.5 Å². The van der Waals surface area contributed by atoms with Crippen LogP contribution in [0.25, 0.3) is 0 Å². The Morgan fingerprint density at radius 2 is 0.833 bits per heavy atom. The van der Waals surface area contributed by atoms with Crippen molar-refractivity contribution in [2.75, 3.05) is 79.5 Å². The lowest BCUT2D eigenvalue weighted by atomic mass is 10.3. The van der Waals surface area contributed by atoms with Crippen molar-refractivity contribution in [2.24, 2.45) is 0 Å². The first-order chi connectivity index (χ1) is 8.65. The second-order valence-corrected chi connectivity index (χ2v) is 5.48. The van der Waals surface area contributed by atoms with Crippen LogP contribution >= 0.6 is 0 Å². The maximum atomic E-state index is 2.49. The molecule has 0 atom stereocenters. The number of rotatable bonds is 2. The van der Waals surface area contributed by atoms with Gasteiger partial charge in [0.25, 0.3) is 0 Å². The van der Waals surface area contributed by atoms with Crippen molar-refractivity contribution in [2.45, 2.75) is 13.8 Å². The highest BCUT2D eigenvalue weighted by Crippen LogP contribution is 1.97. The second-order valence-electron chi connectivity index (χ2n) is 5.48. The van der Waals surface area contributed by atoms with E-state index in [0.717, 1.165) is 0 Å². The van der Waals surface area contributed by atoms with Gasteiger partial charge in [0.2, 0.25) is 0 Å². The Bertz CT molecular complexity index is 172. The fourth-order valence-corrected chi connectivity index (χ4v) is 2.33. The summed E-state index contributed by atoms with van der Waals surface area (Å²) in [5, 5.41) is 0. The van der Waals surface area contributed by atoms with Gasteiger partial charge < -0.3 is 19.6 Å². The van der Waals surface area contributed by atoms with E-state index in [1.807, 2.05) is 0 Å². The van der Waals surface area contributed by atoms with Crippen LogP contribution in [0.3, 0.4) is 0 Å². The zero-order valence-corrected chi connectivity index (χ0v) is 12.9. The van der Waals surface area contributed by atoms with Crippen LogP contribution in [0.2, 0.25) is 0 Å². The average molecular weight is 256 g/mol. The molecule has 0 saturated carbocycles. The molecule has 0 aliphatic carbocycles. The number of likely N-dealkylation sites (N-methyl/N-ethyl adjacent to an activating group) is 4. The number of hydrogen-bond acceptors (Lipinski definition) is 4. The van der Waals surface area contributed by atoms with Gasteiger partial charge in [0.05, 0.1) is 0 Å². The van der Waals surface area contributed by atoms with Gasteiger partial charge in [-0.1, -0.05) is 13.8 Å². The maximum absolute atomic E-state index is 2.49. The van der Waals surface area contributed by atoms with E-state index in [0.29, 0.717) is 0 Å². The molecular formula is C14H32N4. The molecule has 2 heterocycles. The average Bonchev–Trinajstić information content (AvgIpc) is 2.41. The van der Waals surface area contributed by atoms with Gasteiger partial charge in [-0.25, -0.2) is 0 Å². The summed E-state index contributed by atoms with van der Waals surface area (Å²) in [6, 6.07) is 0. The van der Waals surface area contributed by atoms with E-state index in [4.69, 9.17) is 0 Å². The van der Waals surface area contributed by atoms with Crippen molar-refractivity contribution in [1.29, 1.82) is 0 Å². The molecule has 4 heteroatoms. The molecule has 2 aliphatic rings. The lowest BCUT2D eigenvalue weighted by Gasteiger charge is -2.31. The summed E-state index contributed by atoms with van der Waals surface area (Å²) in [4.78, 5) is 9.73. The molecule has 4 nitrogen and oxygen atoms in total. The molecule has 2 saturated heterocycles. The Balaban J connectivity index is 0.000000180. The van der Waals surface area contributed by atoms with Crippen LogP contribution in [-0.4, -0.2) is 99.1 Å². The smallest absolute Gasteiger partial charge is 0.0110 e. The summed E-state index contributed by atoms with van der Waals surface area (Å²) < 4.78 is 0. The first kappa shape index (κ1) is 15.9. The quantitative estimate of drug-likeness (QED) is 0.713. The second kappa shape index (κ2) is 8.86. The number of nitrogens with zero attached hydrogens (tertiary/aromatic N) is 4. The molecule has 108 valence electrons. The summed E-state index contributed by atoms with van der Waals surface area (Å²) >= 11 is 0. The van der Waals surface area contributed by atoms with Crippen LogP contribution < -0.4 is 0 Å². The topological polar surface area (TPSA) is 13.0 Å². The highest BCUT2D eigenvalue weighted by atomic mass is 15.2. The molecule has 0 radical (unpaired) electrons. The SMILES string of the molecule is CCN1CCN(C)CC1.CCN1CCN(C)CC1. The molecule has 0 amide bonds. The van der Waals surface area contributed by atoms with Gasteiger partial charge in [-0.3, -0.25) is 0 Å². The summed E-state index contributed by atoms with van der Waals surface area (Å²) in [6.07, 6.45) is 0. The van der Waals surface area contributed by atoms with Crippen LogP contribution in [-0.2, 0) is 0 Å². The summed E-state index contributed by atoms with van der Waals surface area (Å²) in [7, 11) is 4.38. The maximum Gasteiger partial charge on any atom is 0.0110 e. The molecule has 2 fully saturated rings. The van der Waals surface area contributed by atoms with Crippen molar-refractivity contribution in [3.63, 3.8) is 0 Å². The minimum absolute atomic E-state index is 1.22. The largest absolute Gasteiger partial charge is 0.304 e. The highest BCUT2D eigenvalue weighted by Gasteiger charge is 2.11. The predicted molar refractivity (Wildman–Crippen MR) is 79.2 cm³/mol. The third-order valence-electron chi connectivity index (χ3n) is 4.09. The van der Waals surface area contributed by atoms with E-state index < -0.39 is 0 Å². The van der Waals surface area contributed by atoms with Gasteiger partial charge in [-0.15, -0.1) is 0 Å². The fourth-order valence-electron chi connectivity index (χ4n) is 2.33. The minimum Gasteiger partial charge on any atom is -0.304 e. The molecule has 0 spiro atoms. The molecule has 2 rings (SSSR count). The van der Waals surface area contributed by atoms with E-state index >= 15 is 0 Å². The van der Waals surface area contributed by atoms with E-state index in [1.165, 1.54) is 65.4 Å². The van der Waals surface area contributed by atoms with Crippen molar-refractivity contribution < 1.29 is 0 Å². The monoisotopic (exact) mass is 256 g/mol. The van der Waals surface area contributed by atoms with Crippen molar-refractivity contribution in [3.8, 4) is 0 Å². The standard InChI is InChI=1S/2C7H16N2/c2*1-3-9-6-4-8(2)5-7-9/h2*3-7H2,1-2H3. The van der Waals surface area contributed by atoms with E-state index in [9.17, 15) is 0 Å². The van der Waals surface area contributed by atoms with E-state index in [1.54, 1.807) is 0 Å². The molecule has 0 unspecified atom stereocenters. The molecule has 0 aromatic carbocycles. The molecule has 0 N–H and O–H groups in total. The normalized spacial score (nSPS) is 24.7. The van der Waals surface area contributed by atoms with Crippen molar-refractivity contribution >= 4 is 0 Å². The molecule has 0 aromatic rings. The van der Waals surface area contributed by atoms with Gasteiger partial charge in [0.15, 0.2) is 0 Å². The van der Waals surface area contributed by atoms with Gasteiger partial charge in [-0.05, 0) is 27.2 Å². The van der Waals surface area contributed by atoms with Gasteiger partial charge in [0.1, 0.15) is 0 Å². The van der Waals surface area contributed by atoms with Crippen LogP contribution in [0.15, 0.2) is 0 Å². The zero-order chi connectivity index (χ0) is 13.4. The lowest BCUT2D eigenvalue weighted by Crippen LogP contribution is -2.44. The minimum atomic E-state index is 1.22. The number of piperazine rings is 2. The van der Waals surface area contributed by atoms with Gasteiger partial charge >= 0.3 is 0 Å². The first-order valence-corrected chi connectivity index (χ1v) is 7.47. The third kappa shape index (κ3) is 6.14. The lowest BCUT2D eigenvalue weighted by molar-refractivity contribution is 0.160. The Hall–Kier alpha value is -0.160. The summed E-state index contributed by atoms with van der Waals surface area (Å²) in [5.41, 5.74) is 0. The molecule has 0 bridgehead atoms. The first-order valence-electron chi connectivity index (χ1n) is 7.47. The Morgan fingerprint density at radius 1 is 0.556 bits per heavy atom. The Morgan fingerprint density at radius 3 is 1.06 bits per heavy atom. The molecule has 18 heavy (non-hydrogen) atoms. The Labute approximate surface area is 114 Å².